The Morgan fingerprint density at radius 3 is 2.75 bits per heavy atom. The van der Waals surface area contributed by atoms with Gasteiger partial charge in [-0.1, -0.05) is 0 Å². The summed E-state index contributed by atoms with van der Waals surface area (Å²) in [4.78, 5) is 4.98. The van der Waals surface area contributed by atoms with Crippen LogP contribution in [-0.4, -0.2) is 60.6 Å². The van der Waals surface area contributed by atoms with Gasteiger partial charge >= 0.3 is 0 Å². The lowest BCUT2D eigenvalue weighted by atomic mass is 9.98. The number of likely N-dealkylation sites (tertiary alicyclic amines) is 1. The van der Waals surface area contributed by atoms with Crippen LogP contribution >= 0.6 is 0 Å². The Bertz CT molecular complexity index is 360. The first-order valence-electron chi connectivity index (χ1n) is 8.05. The molecule has 114 valence electrons. The number of nitrogens with one attached hydrogen (secondary N) is 1. The Labute approximate surface area is 124 Å². The van der Waals surface area contributed by atoms with Crippen LogP contribution in [0.2, 0.25) is 0 Å². The molecule has 4 nitrogen and oxygen atoms in total. The van der Waals surface area contributed by atoms with Crippen LogP contribution in [0.1, 0.15) is 46.0 Å². The van der Waals surface area contributed by atoms with Crippen LogP contribution in [0.25, 0.3) is 0 Å². The van der Waals surface area contributed by atoms with Crippen molar-refractivity contribution in [2.45, 2.75) is 69.6 Å². The van der Waals surface area contributed by atoms with E-state index in [9.17, 15) is 5.26 Å². The lowest BCUT2D eigenvalue weighted by Gasteiger charge is -2.33. The molecule has 1 saturated heterocycles. The van der Waals surface area contributed by atoms with Gasteiger partial charge in [0.05, 0.1) is 6.07 Å². The second-order valence-electron chi connectivity index (χ2n) is 7.19. The Morgan fingerprint density at radius 2 is 2.15 bits per heavy atom. The lowest BCUT2D eigenvalue weighted by Crippen LogP contribution is -2.48. The summed E-state index contributed by atoms with van der Waals surface area (Å²) in [5.74, 6) is 0. The molecule has 0 bridgehead atoms. The molecule has 20 heavy (non-hydrogen) atoms. The van der Waals surface area contributed by atoms with E-state index >= 15 is 0 Å². The fourth-order valence-electron chi connectivity index (χ4n) is 4.08. The fraction of sp³-hybridized carbons (Fsp3) is 0.938. The van der Waals surface area contributed by atoms with Gasteiger partial charge < -0.3 is 4.90 Å². The van der Waals surface area contributed by atoms with Crippen LogP contribution in [0.3, 0.4) is 0 Å². The van der Waals surface area contributed by atoms with E-state index in [0.29, 0.717) is 18.1 Å². The predicted molar refractivity (Wildman–Crippen MR) is 82.5 cm³/mol. The third kappa shape index (κ3) is 3.52. The fourth-order valence-corrected chi connectivity index (χ4v) is 4.08. The molecule has 3 unspecified atom stereocenters. The van der Waals surface area contributed by atoms with Crippen molar-refractivity contribution in [2.75, 3.05) is 27.2 Å². The molecule has 2 fully saturated rings. The van der Waals surface area contributed by atoms with Crippen molar-refractivity contribution >= 4 is 0 Å². The van der Waals surface area contributed by atoms with E-state index in [1.54, 1.807) is 0 Å². The SMILES string of the molecule is CC(C)NC1(C#N)CCC(N2CCCC2CN(C)C)C1. The highest BCUT2D eigenvalue weighted by atomic mass is 15.2. The maximum atomic E-state index is 9.60. The van der Waals surface area contributed by atoms with Crippen LogP contribution in [-0.2, 0) is 0 Å². The van der Waals surface area contributed by atoms with Crippen molar-refractivity contribution in [2.24, 2.45) is 0 Å². The van der Waals surface area contributed by atoms with Crippen molar-refractivity contribution in [3.63, 3.8) is 0 Å². The summed E-state index contributed by atoms with van der Waals surface area (Å²) in [5.41, 5.74) is -0.288. The van der Waals surface area contributed by atoms with Gasteiger partial charge in [0.25, 0.3) is 0 Å². The van der Waals surface area contributed by atoms with Crippen LogP contribution < -0.4 is 5.32 Å². The molecule has 1 saturated carbocycles. The van der Waals surface area contributed by atoms with Gasteiger partial charge in [0.15, 0.2) is 0 Å². The molecule has 1 heterocycles. The minimum atomic E-state index is -0.288. The molecule has 0 aromatic rings. The highest BCUT2D eigenvalue weighted by Gasteiger charge is 2.44. The highest BCUT2D eigenvalue weighted by Crippen LogP contribution is 2.36. The van der Waals surface area contributed by atoms with Crippen molar-refractivity contribution in [3.8, 4) is 6.07 Å². The van der Waals surface area contributed by atoms with Gasteiger partial charge in [-0.2, -0.15) is 5.26 Å². The lowest BCUT2D eigenvalue weighted by molar-refractivity contribution is 0.149. The maximum absolute atomic E-state index is 9.60. The van der Waals surface area contributed by atoms with Gasteiger partial charge in [-0.15, -0.1) is 0 Å². The van der Waals surface area contributed by atoms with E-state index in [-0.39, 0.29) is 5.54 Å². The zero-order valence-corrected chi connectivity index (χ0v) is 13.5. The van der Waals surface area contributed by atoms with Gasteiger partial charge in [0.1, 0.15) is 5.54 Å². The van der Waals surface area contributed by atoms with Crippen LogP contribution in [0.4, 0.5) is 0 Å². The van der Waals surface area contributed by atoms with Gasteiger partial charge in [-0.05, 0) is 66.6 Å². The van der Waals surface area contributed by atoms with E-state index in [2.05, 4.69) is 49.1 Å². The second-order valence-corrected chi connectivity index (χ2v) is 7.19. The normalized spacial score (nSPS) is 35.0. The van der Waals surface area contributed by atoms with Crippen molar-refractivity contribution < 1.29 is 0 Å². The molecular weight excluding hydrogens is 248 g/mol. The molecule has 4 heteroatoms. The standard InChI is InChI=1S/C16H30N4/c1-13(2)18-16(12-17)8-7-14(10-16)20-9-5-6-15(20)11-19(3)4/h13-15,18H,5-11H2,1-4H3. The van der Waals surface area contributed by atoms with Crippen molar-refractivity contribution in [3.05, 3.63) is 0 Å². The number of nitrogens with zero attached hydrogens (tertiary/aromatic N) is 3. The second kappa shape index (κ2) is 6.43. The molecule has 0 aromatic heterocycles. The Hall–Kier alpha value is -0.630. The average Bonchev–Trinajstić information content (AvgIpc) is 2.95. The third-order valence-corrected chi connectivity index (χ3v) is 4.74. The first kappa shape index (κ1) is 15.8. The first-order chi connectivity index (χ1) is 9.46. The van der Waals surface area contributed by atoms with Crippen LogP contribution in [0.15, 0.2) is 0 Å². The largest absolute Gasteiger partial charge is 0.308 e. The molecule has 0 aromatic carbocycles. The van der Waals surface area contributed by atoms with E-state index in [0.717, 1.165) is 25.8 Å². The summed E-state index contributed by atoms with van der Waals surface area (Å²) in [6.45, 7) is 6.63. The van der Waals surface area contributed by atoms with Gasteiger partial charge in [0, 0.05) is 24.7 Å². The number of hydrogen-bond acceptors (Lipinski definition) is 4. The molecule has 2 aliphatic rings. The number of hydrogen-bond donors (Lipinski definition) is 1. The zero-order chi connectivity index (χ0) is 14.8. The van der Waals surface area contributed by atoms with E-state index in [1.807, 2.05) is 0 Å². The van der Waals surface area contributed by atoms with Crippen molar-refractivity contribution in [1.82, 2.24) is 15.1 Å². The van der Waals surface area contributed by atoms with Crippen LogP contribution in [0, 0.1) is 11.3 Å². The molecule has 2 rings (SSSR count). The van der Waals surface area contributed by atoms with E-state index in [1.165, 1.54) is 19.4 Å². The quantitative estimate of drug-likeness (QED) is 0.833. The summed E-state index contributed by atoms with van der Waals surface area (Å²) in [7, 11) is 4.32. The minimum Gasteiger partial charge on any atom is -0.308 e. The smallest absolute Gasteiger partial charge is 0.108 e. The number of nitriles is 1. The molecule has 1 N–H and O–H groups in total. The minimum absolute atomic E-state index is 0.288. The van der Waals surface area contributed by atoms with Crippen LogP contribution in [0.5, 0.6) is 0 Å². The summed E-state index contributed by atoms with van der Waals surface area (Å²) in [6, 6.07) is 4.22. The maximum Gasteiger partial charge on any atom is 0.108 e. The summed E-state index contributed by atoms with van der Waals surface area (Å²) >= 11 is 0. The monoisotopic (exact) mass is 278 g/mol. The van der Waals surface area contributed by atoms with Crippen molar-refractivity contribution in [1.29, 1.82) is 5.26 Å². The Kier molecular flexibility index (Phi) is 5.06. The number of likely N-dealkylation sites (N-methyl/N-ethyl adjacent to an activating group) is 1. The summed E-state index contributed by atoms with van der Waals surface area (Å²) in [6.07, 6.45) is 5.78. The Balaban J connectivity index is 1.99. The molecule has 0 radical (unpaired) electrons. The molecular formula is C16H30N4. The van der Waals surface area contributed by atoms with E-state index < -0.39 is 0 Å². The Morgan fingerprint density at radius 1 is 1.40 bits per heavy atom. The van der Waals surface area contributed by atoms with Gasteiger partial charge in [-0.3, -0.25) is 10.2 Å². The average molecular weight is 278 g/mol. The third-order valence-electron chi connectivity index (χ3n) is 4.74. The molecule has 1 aliphatic heterocycles. The summed E-state index contributed by atoms with van der Waals surface area (Å²) < 4.78 is 0. The zero-order valence-electron chi connectivity index (χ0n) is 13.5. The highest BCUT2D eigenvalue weighted by molar-refractivity contribution is 5.14. The predicted octanol–water partition coefficient (Wildman–Crippen LogP) is 1.83. The molecule has 0 amide bonds. The van der Waals surface area contributed by atoms with Gasteiger partial charge in [0.2, 0.25) is 0 Å². The number of rotatable bonds is 5. The van der Waals surface area contributed by atoms with E-state index in [4.69, 9.17) is 0 Å². The molecule has 1 aliphatic carbocycles. The van der Waals surface area contributed by atoms with Gasteiger partial charge in [-0.25, -0.2) is 0 Å². The molecule has 0 spiro atoms. The summed E-state index contributed by atoms with van der Waals surface area (Å²) in [5, 5.41) is 13.1. The topological polar surface area (TPSA) is 42.3 Å². The first-order valence-corrected chi connectivity index (χ1v) is 8.05. The molecule has 3 atom stereocenters.